The van der Waals surface area contributed by atoms with E-state index in [1.54, 1.807) is 12.3 Å². The maximum absolute atomic E-state index is 4.94. The molecule has 0 atom stereocenters. The van der Waals surface area contributed by atoms with E-state index in [2.05, 4.69) is 15.2 Å². The lowest BCUT2D eigenvalue weighted by Crippen LogP contribution is -1.78. The van der Waals surface area contributed by atoms with Gasteiger partial charge in [-0.15, -0.1) is 0 Å². The highest BCUT2D eigenvalue weighted by Gasteiger charge is 1.84. The van der Waals surface area contributed by atoms with Gasteiger partial charge >= 0.3 is 0 Å². The molecule has 0 saturated heterocycles. The van der Waals surface area contributed by atoms with Crippen LogP contribution in [0.1, 0.15) is 12.7 Å². The van der Waals surface area contributed by atoms with Gasteiger partial charge in [-0.1, -0.05) is 0 Å². The summed E-state index contributed by atoms with van der Waals surface area (Å²) in [6.45, 7) is 2.59. The van der Waals surface area contributed by atoms with Crippen LogP contribution in [0.25, 0.3) is 6.08 Å². The van der Waals surface area contributed by atoms with Crippen LogP contribution < -0.4 is 0 Å². The molecule has 4 nitrogen and oxygen atoms in total. The van der Waals surface area contributed by atoms with E-state index < -0.39 is 0 Å². The summed E-state index contributed by atoms with van der Waals surface area (Å²) >= 11 is 0. The summed E-state index contributed by atoms with van der Waals surface area (Å²) in [7, 11) is 0. The van der Waals surface area contributed by atoms with E-state index in [1.807, 2.05) is 6.92 Å². The Morgan fingerprint density at radius 1 is 1.80 bits per heavy atom. The zero-order valence-corrected chi connectivity index (χ0v) is 5.74. The van der Waals surface area contributed by atoms with E-state index in [-0.39, 0.29) is 0 Å². The second kappa shape index (κ2) is 3.66. The predicted molar refractivity (Wildman–Crippen MR) is 37.0 cm³/mol. The number of ether oxygens (including phenoxy) is 1. The maximum Gasteiger partial charge on any atom is 0.151 e. The molecular formula is C6H9N3O. The average molecular weight is 139 g/mol. The van der Waals surface area contributed by atoms with Crippen molar-refractivity contribution in [1.82, 2.24) is 15.2 Å². The first-order valence-corrected chi connectivity index (χ1v) is 3.07. The molecule has 1 aromatic rings. The molecule has 10 heavy (non-hydrogen) atoms. The summed E-state index contributed by atoms with van der Waals surface area (Å²) in [5.41, 5.74) is 0. The molecule has 54 valence electrons. The largest absolute Gasteiger partial charge is 0.501 e. The van der Waals surface area contributed by atoms with Gasteiger partial charge in [0, 0.05) is 6.08 Å². The molecule has 0 amide bonds. The fourth-order valence-corrected chi connectivity index (χ4v) is 0.504. The quantitative estimate of drug-likeness (QED) is 0.630. The fraction of sp³-hybridized carbons (Fsp3) is 0.333. The normalized spacial score (nSPS) is 10.5. The standard InChI is InChI=1S/C6H9N3O/c1-2-10-4-3-6-7-5-8-9-6/h3-5H,2H2,1H3,(H,7,8,9)/b4-3+. The number of aromatic nitrogens is 3. The number of rotatable bonds is 3. The molecule has 0 saturated carbocycles. The fourth-order valence-electron chi connectivity index (χ4n) is 0.504. The van der Waals surface area contributed by atoms with Crippen molar-refractivity contribution in [1.29, 1.82) is 0 Å². The first-order valence-electron chi connectivity index (χ1n) is 3.07. The van der Waals surface area contributed by atoms with Crippen molar-refractivity contribution in [2.24, 2.45) is 0 Å². The molecule has 0 spiro atoms. The number of nitrogens with one attached hydrogen (secondary N) is 1. The number of nitrogens with zero attached hydrogens (tertiary/aromatic N) is 2. The summed E-state index contributed by atoms with van der Waals surface area (Å²) in [4.78, 5) is 3.85. The van der Waals surface area contributed by atoms with Gasteiger partial charge in [0.1, 0.15) is 6.33 Å². The van der Waals surface area contributed by atoms with Crippen LogP contribution >= 0.6 is 0 Å². The Morgan fingerprint density at radius 2 is 2.70 bits per heavy atom. The summed E-state index contributed by atoms with van der Waals surface area (Å²) < 4.78 is 4.94. The van der Waals surface area contributed by atoms with Gasteiger partial charge in [0.05, 0.1) is 12.9 Å². The molecule has 0 bridgehead atoms. The smallest absolute Gasteiger partial charge is 0.151 e. The van der Waals surface area contributed by atoms with E-state index in [1.165, 1.54) is 6.33 Å². The molecule has 0 aliphatic carbocycles. The molecule has 0 aromatic carbocycles. The van der Waals surface area contributed by atoms with Crippen molar-refractivity contribution in [3.05, 3.63) is 18.4 Å². The van der Waals surface area contributed by atoms with Gasteiger partial charge in [-0.05, 0) is 6.92 Å². The zero-order chi connectivity index (χ0) is 7.23. The molecule has 1 N–H and O–H groups in total. The van der Waals surface area contributed by atoms with E-state index >= 15 is 0 Å². The molecule has 0 aliphatic heterocycles. The lowest BCUT2D eigenvalue weighted by atomic mass is 10.6. The Labute approximate surface area is 58.9 Å². The van der Waals surface area contributed by atoms with Gasteiger partial charge in [0.15, 0.2) is 5.82 Å². The highest BCUT2D eigenvalue weighted by atomic mass is 16.5. The van der Waals surface area contributed by atoms with Crippen molar-refractivity contribution in [2.45, 2.75) is 6.92 Å². The Bertz CT molecular complexity index is 193. The molecule has 0 unspecified atom stereocenters. The second-order valence-electron chi connectivity index (χ2n) is 1.63. The summed E-state index contributed by atoms with van der Waals surface area (Å²) in [5.74, 6) is 0.702. The van der Waals surface area contributed by atoms with E-state index in [9.17, 15) is 0 Å². The van der Waals surface area contributed by atoms with Gasteiger partial charge in [-0.3, -0.25) is 5.10 Å². The summed E-state index contributed by atoms with van der Waals surface area (Å²) in [6, 6.07) is 0. The van der Waals surface area contributed by atoms with Crippen LogP contribution in [0, 0.1) is 0 Å². The minimum atomic E-state index is 0.671. The number of hydrogen-bond donors (Lipinski definition) is 1. The van der Waals surface area contributed by atoms with Crippen LogP contribution in [0.15, 0.2) is 12.6 Å². The van der Waals surface area contributed by atoms with Crippen LogP contribution in [0.3, 0.4) is 0 Å². The highest BCUT2D eigenvalue weighted by Crippen LogP contribution is 1.89. The van der Waals surface area contributed by atoms with Gasteiger partial charge < -0.3 is 4.74 Å². The minimum Gasteiger partial charge on any atom is -0.501 e. The third-order valence-corrected chi connectivity index (χ3v) is 0.922. The molecule has 1 aromatic heterocycles. The van der Waals surface area contributed by atoms with Crippen LogP contribution in [0.5, 0.6) is 0 Å². The van der Waals surface area contributed by atoms with E-state index in [4.69, 9.17) is 4.74 Å². The van der Waals surface area contributed by atoms with Gasteiger partial charge in [0.2, 0.25) is 0 Å². The minimum absolute atomic E-state index is 0.671. The van der Waals surface area contributed by atoms with Crippen molar-refractivity contribution < 1.29 is 4.74 Å². The number of H-pyrrole nitrogens is 1. The molecule has 0 fully saturated rings. The predicted octanol–water partition coefficient (Wildman–Crippen LogP) is 0.812. The van der Waals surface area contributed by atoms with Crippen molar-refractivity contribution >= 4 is 6.08 Å². The lowest BCUT2D eigenvalue weighted by molar-refractivity contribution is 0.272. The number of hydrogen-bond acceptors (Lipinski definition) is 3. The van der Waals surface area contributed by atoms with Crippen LogP contribution in [0.2, 0.25) is 0 Å². The summed E-state index contributed by atoms with van der Waals surface area (Å²) in [5, 5.41) is 6.33. The maximum atomic E-state index is 4.94. The monoisotopic (exact) mass is 139 g/mol. The van der Waals surface area contributed by atoms with Crippen LogP contribution in [0.4, 0.5) is 0 Å². The van der Waals surface area contributed by atoms with Crippen LogP contribution in [-0.4, -0.2) is 21.8 Å². The molecular weight excluding hydrogens is 130 g/mol. The van der Waals surface area contributed by atoms with Crippen LogP contribution in [-0.2, 0) is 4.74 Å². The van der Waals surface area contributed by atoms with E-state index in [0.717, 1.165) is 0 Å². The van der Waals surface area contributed by atoms with Gasteiger partial charge in [-0.25, -0.2) is 4.98 Å². The van der Waals surface area contributed by atoms with Gasteiger partial charge in [0.25, 0.3) is 0 Å². The van der Waals surface area contributed by atoms with Gasteiger partial charge in [-0.2, -0.15) is 5.10 Å². The van der Waals surface area contributed by atoms with E-state index in [0.29, 0.717) is 12.4 Å². The Balaban J connectivity index is 2.40. The molecule has 1 rings (SSSR count). The Hall–Kier alpha value is -1.32. The molecule has 0 radical (unpaired) electrons. The number of aromatic amines is 1. The first kappa shape index (κ1) is 6.80. The Kier molecular flexibility index (Phi) is 2.49. The lowest BCUT2D eigenvalue weighted by Gasteiger charge is -1.88. The second-order valence-corrected chi connectivity index (χ2v) is 1.63. The molecule has 4 heteroatoms. The average Bonchev–Trinajstić information content (AvgIpc) is 2.41. The SMILES string of the molecule is CCO/C=C/c1ncn[nH]1. The third-order valence-electron chi connectivity index (χ3n) is 0.922. The third kappa shape index (κ3) is 1.89. The molecule has 0 aliphatic rings. The van der Waals surface area contributed by atoms with Crippen molar-refractivity contribution in [2.75, 3.05) is 6.61 Å². The first-order chi connectivity index (χ1) is 4.93. The summed E-state index contributed by atoms with van der Waals surface area (Å²) in [6.07, 6.45) is 4.75. The molecule has 1 heterocycles. The van der Waals surface area contributed by atoms with Crippen molar-refractivity contribution in [3.63, 3.8) is 0 Å². The highest BCUT2D eigenvalue weighted by molar-refractivity contribution is 5.36. The topological polar surface area (TPSA) is 50.8 Å². The van der Waals surface area contributed by atoms with Crippen molar-refractivity contribution in [3.8, 4) is 0 Å². The Morgan fingerprint density at radius 3 is 3.30 bits per heavy atom. The zero-order valence-electron chi connectivity index (χ0n) is 5.74.